The van der Waals surface area contributed by atoms with E-state index in [0.29, 0.717) is 12.5 Å². The normalized spacial score (nSPS) is 19.7. The Hall–Kier alpha value is -3.00. The van der Waals surface area contributed by atoms with E-state index in [1.807, 2.05) is 40.6 Å². The van der Waals surface area contributed by atoms with Crippen LogP contribution in [0.5, 0.6) is 0 Å². The number of nitrogens with zero attached hydrogens (tertiary/aromatic N) is 6. The highest BCUT2D eigenvalue weighted by Crippen LogP contribution is 2.40. The molecule has 2 aliphatic rings. The van der Waals surface area contributed by atoms with Crippen molar-refractivity contribution in [2.24, 2.45) is 0 Å². The van der Waals surface area contributed by atoms with Crippen LogP contribution in [0.25, 0.3) is 16.6 Å². The molecule has 8 heteroatoms. The zero-order chi connectivity index (χ0) is 20.2. The number of aromatic nitrogens is 4. The lowest BCUT2D eigenvalue weighted by Gasteiger charge is -2.40. The number of carbonyl (C=O) groups is 1. The number of piperazine rings is 1. The summed E-state index contributed by atoms with van der Waals surface area (Å²) in [6, 6.07) is 12.1. The van der Waals surface area contributed by atoms with Gasteiger partial charge in [0.15, 0.2) is 5.65 Å². The van der Waals surface area contributed by atoms with Gasteiger partial charge in [0.1, 0.15) is 5.82 Å². The minimum atomic E-state index is 0.0949. The van der Waals surface area contributed by atoms with Gasteiger partial charge < -0.3 is 9.80 Å². The summed E-state index contributed by atoms with van der Waals surface area (Å²) in [7, 11) is 0. The number of amides is 1. The molecule has 7 nitrogen and oxygen atoms in total. The average Bonchev–Trinajstić information content (AvgIpc) is 3.27. The van der Waals surface area contributed by atoms with Crippen LogP contribution in [0, 0.1) is 0 Å². The van der Waals surface area contributed by atoms with Crippen LogP contribution in [0.3, 0.4) is 0 Å². The fraction of sp³-hybridized carbons (Fsp3) is 0.364. The van der Waals surface area contributed by atoms with Crippen molar-refractivity contribution < 1.29 is 4.79 Å². The fourth-order valence-electron chi connectivity index (χ4n) is 4.39. The monoisotopic (exact) mass is 418 g/mol. The van der Waals surface area contributed by atoms with E-state index in [1.165, 1.54) is 11.3 Å². The van der Waals surface area contributed by atoms with Gasteiger partial charge in [-0.3, -0.25) is 4.79 Å². The fourth-order valence-corrected chi connectivity index (χ4v) is 5.07. The smallest absolute Gasteiger partial charge is 0.264 e. The van der Waals surface area contributed by atoms with E-state index in [2.05, 4.69) is 32.5 Å². The summed E-state index contributed by atoms with van der Waals surface area (Å²) in [6.45, 7) is 4.27. The molecule has 1 aliphatic heterocycles. The van der Waals surface area contributed by atoms with Gasteiger partial charge in [-0.2, -0.15) is 0 Å². The lowest BCUT2D eigenvalue weighted by Crippen LogP contribution is -2.54. The third-order valence-corrected chi connectivity index (χ3v) is 6.96. The van der Waals surface area contributed by atoms with E-state index in [0.717, 1.165) is 59.1 Å². The quantitative estimate of drug-likeness (QED) is 0.509. The Bertz CT molecular complexity index is 1250. The zero-order valence-electron chi connectivity index (χ0n) is 16.7. The maximum Gasteiger partial charge on any atom is 0.264 e. The molecule has 1 atom stereocenters. The predicted octanol–water partition coefficient (Wildman–Crippen LogP) is 3.57. The minimum absolute atomic E-state index is 0.0949. The Morgan fingerprint density at radius 1 is 1.10 bits per heavy atom. The Morgan fingerprint density at radius 3 is 2.73 bits per heavy atom. The van der Waals surface area contributed by atoms with Crippen LogP contribution in [0.4, 0.5) is 5.95 Å². The molecule has 1 saturated heterocycles. The first kappa shape index (κ1) is 17.8. The van der Waals surface area contributed by atoms with Crippen LogP contribution in [0.15, 0.2) is 41.8 Å². The topological polar surface area (TPSA) is 66.6 Å². The molecule has 1 saturated carbocycles. The van der Waals surface area contributed by atoms with Gasteiger partial charge >= 0.3 is 0 Å². The Morgan fingerprint density at radius 2 is 1.97 bits per heavy atom. The first-order valence-electron chi connectivity index (χ1n) is 10.4. The van der Waals surface area contributed by atoms with E-state index in [4.69, 9.17) is 4.98 Å². The summed E-state index contributed by atoms with van der Waals surface area (Å²) >= 11 is 1.50. The standard InChI is InChI=1S/C22H22N6OS/c1-14-13-26(10-11-27(14)21(29)18-7-4-12-30-18)22-23-17-6-3-2-5-16(17)20-25-24-19(28(20)22)15-8-9-15/h2-7,12,14-15H,8-11,13H2,1H3. The van der Waals surface area contributed by atoms with Gasteiger partial charge in [-0.15, -0.1) is 21.5 Å². The maximum absolute atomic E-state index is 12.9. The Kier molecular flexibility index (Phi) is 4.02. The second-order valence-electron chi connectivity index (χ2n) is 8.19. The SMILES string of the molecule is CC1CN(c2nc3ccccc3c3nnc(C4CC4)n23)CCN1C(=O)c1cccs1. The highest BCUT2D eigenvalue weighted by atomic mass is 32.1. The number of hydrogen-bond acceptors (Lipinski definition) is 6. The van der Waals surface area contributed by atoms with E-state index in [9.17, 15) is 4.79 Å². The third-order valence-electron chi connectivity index (χ3n) is 6.10. The van der Waals surface area contributed by atoms with Crippen LogP contribution in [-0.4, -0.2) is 56.1 Å². The van der Waals surface area contributed by atoms with Crippen LogP contribution < -0.4 is 4.90 Å². The summed E-state index contributed by atoms with van der Waals surface area (Å²) in [5.41, 5.74) is 1.81. The molecule has 0 spiro atoms. The summed E-state index contributed by atoms with van der Waals surface area (Å²) in [4.78, 5) is 23.0. The Balaban J connectivity index is 1.39. The lowest BCUT2D eigenvalue weighted by molar-refractivity contribution is 0.0678. The largest absolute Gasteiger partial charge is 0.338 e. The molecule has 152 valence electrons. The van der Waals surface area contributed by atoms with Crippen LogP contribution in [0.1, 0.15) is 41.2 Å². The summed E-state index contributed by atoms with van der Waals surface area (Å²) in [5, 5.41) is 12.1. The zero-order valence-corrected chi connectivity index (χ0v) is 17.5. The lowest BCUT2D eigenvalue weighted by atomic mass is 10.2. The molecule has 0 bridgehead atoms. The van der Waals surface area contributed by atoms with Crippen molar-refractivity contribution in [3.05, 3.63) is 52.5 Å². The van der Waals surface area contributed by atoms with Gasteiger partial charge in [0.05, 0.1) is 10.4 Å². The summed E-state index contributed by atoms with van der Waals surface area (Å²) in [5.74, 6) is 2.51. The number of benzene rings is 1. The predicted molar refractivity (Wildman–Crippen MR) is 117 cm³/mol. The van der Waals surface area contributed by atoms with Crippen molar-refractivity contribution >= 4 is 39.7 Å². The molecule has 1 unspecified atom stereocenters. The third kappa shape index (κ3) is 2.78. The number of anilines is 1. The molecular formula is C22H22N6OS. The molecular weight excluding hydrogens is 396 g/mol. The molecule has 30 heavy (non-hydrogen) atoms. The first-order valence-corrected chi connectivity index (χ1v) is 11.3. The second-order valence-corrected chi connectivity index (χ2v) is 9.14. The molecule has 1 amide bonds. The number of rotatable bonds is 3. The van der Waals surface area contributed by atoms with Crippen LogP contribution in [0.2, 0.25) is 0 Å². The number of carbonyl (C=O) groups excluding carboxylic acids is 1. The second kappa shape index (κ2) is 6.77. The molecule has 6 rings (SSSR count). The van der Waals surface area contributed by atoms with E-state index in [1.54, 1.807) is 0 Å². The van der Waals surface area contributed by atoms with E-state index >= 15 is 0 Å². The molecule has 0 N–H and O–H groups in total. The van der Waals surface area contributed by atoms with Crippen molar-refractivity contribution in [3.63, 3.8) is 0 Å². The van der Waals surface area contributed by atoms with Gasteiger partial charge in [0, 0.05) is 37.0 Å². The number of hydrogen-bond donors (Lipinski definition) is 0. The molecule has 4 aromatic rings. The van der Waals surface area contributed by atoms with Crippen molar-refractivity contribution in [1.82, 2.24) is 24.5 Å². The number of thiophene rings is 1. The van der Waals surface area contributed by atoms with Crippen molar-refractivity contribution in [2.75, 3.05) is 24.5 Å². The highest BCUT2D eigenvalue weighted by molar-refractivity contribution is 7.12. The van der Waals surface area contributed by atoms with Gasteiger partial charge in [-0.1, -0.05) is 18.2 Å². The van der Waals surface area contributed by atoms with Crippen LogP contribution >= 0.6 is 11.3 Å². The first-order chi connectivity index (χ1) is 14.7. The molecule has 4 heterocycles. The highest BCUT2D eigenvalue weighted by Gasteiger charge is 2.34. The number of para-hydroxylation sites is 1. The maximum atomic E-state index is 12.9. The molecule has 1 aliphatic carbocycles. The summed E-state index contributed by atoms with van der Waals surface area (Å²) < 4.78 is 2.16. The molecule has 3 aromatic heterocycles. The van der Waals surface area contributed by atoms with Gasteiger partial charge in [-0.25, -0.2) is 9.38 Å². The molecule has 2 fully saturated rings. The minimum Gasteiger partial charge on any atom is -0.338 e. The van der Waals surface area contributed by atoms with Crippen LogP contribution in [-0.2, 0) is 0 Å². The van der Waals surface area contributed by atoms with E-state index in [-0.39, 0.29) is 11.9 Å². The molecule has 1 aromatic carbocycles. The summed E-state index contributed by atoms with van der Waals surface area (Å²) in [6.07, 6.45) is 2.32. The molecule has 0 radical (unpaired) electrons. The Labute approximate surface area is 178 Å². The van der Waals surface area contributed by atoms with Crippen molar-refractivity contribution in [2.45, 2.75) is 31.7 Å². The van der Waals surface area contributed by atoms with Gasteiger partial charge in [0.25, 0.3) is 5.91 Å². The van der Waals surface area contributed by atoms with Crippen molar-refractivity contribution in [1.29, 1.82) is 0 Å². The average molecular weight is 419 g/mol. The van der Waals surface area contributed by atoms with E-state index < -0.39 is 0 Å². The number of fused-ring (bicyclic) bond motifs is 3. The van der Waals surface area contributed by atoms with Gasteiger partial charge in [0.2, 0.25) is 5.95 Å². The van der Waals surface area contributed by atoms with Gasteiger partial charge in [-0.05, 0) is 43.3 Å². The van der Waals surface area contributed by atoms with Crippen molar-refractivity contribution in [3.8, 4) is 0 Å².